The van der Waals surface area contributed by atoms with E-state index in [1.165, 1.54) is 13.2 Å². The highest BCUT2D eigenvalue weighted by atomic mass is 16.6. The molecule has 0 saturated heterocycles. The van der Waals surface area contributed by atoms with Gasteiger partial charge in [0.2, 0.25) is 0 Å². The highest BCUT2D eigenvalue weighted by Crippen LogP contribution is 2.30. The second-order valence-corrected chi connectivity index (χ2v) is 4.58. The van der Waals surface area contributed by atoms with Gasteiger partial charge in [0.25, 0.3) is 5.69 Å². The van der Waals surface area contributed by atoms with Crippen molar-refractivity contribution >= 4 is 11.7 Å². The summed E-state index contributed by atoms with van der Waals surface area (Å²) in [5, 5.41) is 11.1. The summed E-state index contributed by atoms with van der Waals surface area (Å²) >= 11 is 0. The highest BCUT2D eigenvalue weighted by Gasteiger charge is 2.28. The van der Waals surface area contributed by atoms with E-state index in [4.69, 9.17) is 4.74 Å². The SMILES string of the molecule is COC(=O)C(Cc1ccccc1)c1ccccc1[N+](=O)[O-]. The second-order valence-electron chi connectivity index (χ2n) is 4.58. The van der Waals surface area contributed by atoms with E-state index in [9.17, 15) is 14.9 Å². The van der Waals surface area contributed by atoms with Crippen molar-refractivity contribution in [3.63, 3.8) is 0 Å². The smallest absolute Gasteiger partial charge is 0.313 e. The minimum atomic E-state index is -0.695. The zero-order valence-electron chi connectivity index (χ0n) is 11.6. The Morgan fingerprint density at radius 3 is 2.38 bits per heavy atom. The first kappa shape index (κ1) is 14.7. The number of hydrogen-bond donors (Lipinski definition) is 0. The average molecular weight is 285 g/mol. The molecule has 0 N–H and O–H groups in total. The van der Waals surface area contributed by atoms with Crippen LogP contribution in [0.4, 0.5) is 5.69 Å². The lowest BCUT2D eigenvalue weighted by Gasteiger charge is -2.15. The fourth-order valence-corrected chi connectivity index (χ4v) is 2.26. The van der Waals surface area contributed by atoms with Gasteiger partial charge < -0.3 is 4.74 Å². The predicted molar refractivity (Wildman–Crippen MR) is 78.0 cm³/mol. The van der Waals surface area contributed by atoms with Crippen molar-refractivity contribution in [2.24, 2.45) is 0 Å². The zero-order chi connectivity index (χ0) is 15.2. The van der Waals surface area contributed by atoms with Crippen molar-refractivity contribution < 1.29 is 14.5 Å². The number of benzene rings is 2. The summed E-state index contributed by atoms with van der Waals surface area (Å²) in [5.74, 6) is -1.17. The first-order chi connectivity index (χ1) is 10.1. The van der Waals surface area contributed by atoms with Gasteiger partial charge in [-0.3, -0.25) is 14.9 Å². The van der Waals surface area contributed by atoms with Gasteiger partial charge in [-0.2, -0.15) is 0 Å². The Kier molecular flexibility index (Phi) is 4.66. The molecule has 5 nitrogen and oxygen atoms in total. The number of ether oxygens (including phenoxy) is 1. The topological polar surface area (TPSA) is 69.4 Å². The number of nitro benzene ring substituents is 1. The molecule has 5 heteroatoms. The van der Waals surface area contributed by atoms with Crippen LogP contribution in [0.25, 0.3) is 0 Å². The van der Waals surface area contributed by atoms with Gasteiger partial charge in [-0.25, -0.2) is 0 Å². The maximum Gasteiger partial charge on any atom is 0.313 e. The molecule has 2 rings (SSSR count). The molecule has 0 aliphatic carbocycles. The Morgan fingerprint density at radius 2 is 1.76 bits per heavy atom. The summed E-state index contributed by atoms with van der Waals surface area (Å²) < 4.78 is 4.81. The molecule has 0 saturated carbocycles. The van der Waals surface area contributed by atoms with Gasteiger partial charge >= 0.3 is 5.97 Å². The summed E-state index contributed by atoms with van der Waals surface area (Å²) in [6.07, 6.45) is 0.359. The maximum atomic E-state index is 12.0. The van der Waals surface area contributed by atoms with E-state index in [1.54, 1.807) is 18.2 Å². The molecule has 1 atom stereocenters. The monoisotopic (exact) mass is 285 g/mol. The largest absolute Gasteiger partial charge is 0.469 e. The molecule has 0 spiro atoms. The molecule has 2 aromatic rings. The third kappa shape index (κ3) is 3.45. The second kappa shape index (κ2) is 6.65. The van der Waals surface area contributed by atoms with Gasteiger partial charge in [0.15, 0.2) is 0 Å². The standard InChI is InChI=1S/C16H15NO4/c1-21-16(18)14(11-12-7-3-2-4-8-12)13-9-5-6-10-15(13)17(19)20/h2-10,14H,11H2,1H3. The van der Waals surface area contributed by atoms with Gasteiger partial charge in [0.05, 0.1) is 18.0 Å². The molecule has 1 unspecified atom stereocenters. The van der Waals surface area contributed by atoms with Crippen LogP contribution < -0.4 is 0 Å². The first-order valence-corrected chi connectivity index (χ1v) is 6.48. The molecule has 0 aliphatic rings. The van der Waals surface area contributed by atoms with E-state index in [-0.39, 0.29) is 5.69 Å². The van der Waals surface area contributed by atoms with Crippen molar-refractivity contribution in [2.75, 3.05) is 7.11 Å². The lowest BCUT2D eigenvalue weighted by atomic mass is 9.91. The van der Waals surface area contributed by atoms with Crippen molar-refractivity contribution in [3.8, 4) is 0 Å². The number of esters is 1. The zero-order valence-corrected chi connectivity index (χ0v) is 11.6. The quantitative estimate of drug-likeness (QED) is 0.481. The number of carbonyl (C=O) groups excluding carboxylic acids is 1. The Hall–Kier alpha value is -2.69. The van der Waals surface area contributed by atoms with Gasteiger partial charge in [-0.15, -0.1) is 0 Å². The van der Waals surface area contributed by atoms with Crippen LogP contribution in [0.3, 0.4) is 0 Å². The molecule has 108 valence electrons. The van der Waals surface area contributed by atoms with Crippen molar-refractivity contribution in [1.82, 2.24) is 0 Å². The molecule has 21 heavy (non-hydrogen) atoms. The summed E-state index contributed by atoms with van der Waals surface area (Å²) in [6.45, 7) is 0. The molecule has 0 aromatic heterocycles. The molecule has 0 fully saturated rings. The van der Waals surface area contributed by atoms with Crippen LogP contribution >= 0.6 is 0 Å². The van der Waals surface area contributed by atoms with Crippen molar-refractivity contribution in [1.29, 1.82) is 0 Å². The minimum absolute atomic E-state index is 0.0659. The fraction of sp³-hybridized carbons (Fsp3) is 0.188. The minimum Gasteiger partial charge on any atom is -0.469 e. The van der Waals surface area contributed by atoms with E-state index in [0.29, 0.717) is 12.0 Å². The number of nitrogens with zero attached hydrogens (tertiary/aromatic N) is 1. The van der Waals surface area contributed by atoms with Crippen LogP contribution in [0.2, 0.25) is 0 Å². The lowest BCUT2D eigenvalue weighted by Crippen LogP contribution is -2.18. The Morgan fingerprint density at radius 1 is 1.14 bits per heavy atom. The number of methoxy groups -OCH3 is 1. The summed E-state index contributed by atoms with van der Waals surface area (Å²) in [6, 6.07) is 15.6. The molecular formula is C16H15NO4. The maximum absolute atomic E-state index is 12.0. The number of nitro groups is 1. The third-order valence-electron chi connectivity index (χ3n) is 3.28. The van der Waals surface area contributed by atoms with E-state index in [0.717, 1.165) is 5.56 Å². The number of para-hydroxylation sites is 1. The van der Waals surface area contributed by atoms with Crippen LogP contribution in [0.15, 0.2) is 54.6 Å². The number of carbonyl (C=O) groups is 1. The number of hydrogen-bond acceptors (Lipinski definition) is 4. The first-order valence-electron chi connectivity index (χ1n) is 6.48. The Labute approximate surface area is 122 Å². The Balaban J connectivity index is 2.42. The van der Waals surface area contributed by atoms with Gasteiger partial charge in [0.1, 0.15) is 0 Å². The average Bonchev–Trinajstić information content (AvgIpc) is 2.53. The molecular weight excluding hydrogens is 270 g/mol. The third-order valence-corrected chi connectivity index (χ3v) is 3.28. The fourth-order valence-electron chi connectivity index (χ4n) is 2.26. The number of rotatable bonds is 5. The Bertz CT molecular complexity index is 640. The summed E-state index contributed by atoms with van der Waals surface area (Å²) in [5.41, 5.74) is 1.23. The van der Waals surface area contributed by atoms with E-state index < -0.39 is 16.8 Å². The van der Waals surface area contributed by atoms with E-state index in [1.807, 2.05) is 30.3 Å². The molecule has 0 radical (unpaired) electrons. The van der Waals surface area contributed by atoms with Crippen LogP contribution in [0.5, 0.6) is 0 Å². The lowest BCUT2D eigenvalue weighted by molar-refractivity contribution is -0.385. The highest BCUT2D eigenvalue weighted by molar-refractivity contribution is 5.80. The van der Waals surface area contributed by atoms with Crippen LogP contribution in [0, 0.1) is 10.1 Å². The van der Waals surface area contributed by atoms with Gasteiger partial charge in [-0.1, -0.05) is 48.5 Å². The molecule has 0 bridgehead atoms. The molecule has 0 aliphatic heterocycles. The van der Waals surface area contributed by atoms with Crippen LogP contribution in [-0.2, 0) is 16.0 Å². The molecule has 0 amide bonds. The summed E-state index contributed by atoms with van der Waals surface area (Å²) in [4.78, 5) is 22.7. The van der Waals surface area contributed by atoms with Crippen molar-refractivity contribution in [2.45, 2.75) is 12.3 Å². The summed E-state index contributed by atoms with van der Waals surface area (Å²) in [7, 11) is 1.29. The van der Waals surface area contributed by atoms with Crippen LogP contribution in [0.1, 0.15) is 17.0 Å². The van der Waals surface area contributed by atoms with Gasteiger partial charge in [-0.05, 0) is 12.0 Å². The normalized spacial score (nSPS) is 11.7. The van der Waals surface area contributed by atoms with E-state index in [2.05, 4.69) is 0 Å². The predicted octanol–water partition coefficient (Wildman–Crippen LogP) is 3.09. The van der Waals surface area contributed by atoms with Crippen molar-refractivity contribution in [3.05, 3.63) is 75.8 Å². The molecule has 0 heterocycles. The van der Waals surface area contributed by atoms with E-state index >= 15 is 0 Å². The van der Waals surface area contributed by atoms with Crippen LogP contribution in [-0.4, -0.2) is 18.0 Å². The molecule has 2 aromatic carbocycles. The van der Waals surface area contributed by atoms with Gasteiger partial charge in [0, 0.05) is 11.6 Å².